The number of rotatable bonds is 9. The zero-order chi connectivity index (χ0) is 17.2. The molecule has 0 radical (unpaired) electrons. The maximum absolute atomic E-state index is 11.4. The summed E-state index contributed by atoms with van der Waals surface area (Å²) in [6.07, 6.45) is 0.0910. The highest BCUT2D eigenvalue weighted by atomic mass is 16.8. The minimum Gasteiger partial charge on any atom is -0.569 e. The SMILES string of the molecule is CN(CCCCC(=O)O)/[N+]([O-])=N/OCOC(=O)OC(C)(C)C. The molecule has 10 heteroatoms. The van der Waals surface area contributed by atoms with Gasteiger partial charge in [0.25, 0.3) is 6.79 Å². The lowest BCUT2D eigenvalue weighted by Crippen LogP contribution is -2.28. The summed E-state index contributed by atoms with van der Waals surface area (Å²) >= 11 is 0. The van der Waals surface area contributed by atoms with Crippen molar-refractivity contribution in [3.8, 4) is 0 Å². The van der Waals surface area contributed by atoms with E-state index in [0.717, 1.165) is 0 Å². The highest BCUT2D eigenvalue weighted by Crippen LogP contribution is 2.07. The van der Waals surface area contributed by atoms with Crippen molar-refractivity contribution in [3.63, 3.8) is 0 Å². The summed E-state index contributed by atoms with van der Waals surface area (Å²) in [7, 11) is 1.47. The van der Waals surface area contributed by atoms with Crippen molar-refractivity contribution in [1.29, 1.82) is 0 Å². The Morgan fingerprint density at radius 2 is 1.95 bits per heavy atom. The molecule has 0 bridgehead atoms. The molecule has 0 rings (SSSR count). The summed E-state index contributed by atoms with van der Waals surface area (Å²) in [4.78, 5) is 26.2. The molecule has 22 heavy (non-hydrogen) atoms. The van der Waals surface area contributed by atoms with Crippen LogP contribution in [0.25, 0.3) is 0 Å². The van der Waals surface area contributed by atoms with Crippen LogP contribution in [0.3, 0.4) is 0 Å². The second-order valence-electron chi connectivity index (χ2n) is 5.42. The van der Waals surface area contributed by atoms with E-state index in [1.807, 2.05) is 0 Å². The molecule has 0 heterocycles. The van der Waals surface area contributed by atoms with Crippen LogP contribution in [0.5, 0.6) is 0 Å². The molecule has 0 aromatic rings. The van der Waals surface area contributed by atoms with Crippen LogP contribution in [0.2, 0.25) is 0 Å². The van der Waals surface area contributed by atoms with Crippen molar-refractivity contribution in [2.45, 2.75) is 45.6 Å². The molecule has 0 aliphatic carbocycles. The number of unbranched alkanes of at least 4 members (excludes halogenated alkanes) is 1. The van der Waals surface area contributed by atoms with Gasteiger partial charge in [0.15, 0.2) is 0 Å². The van der Waals surface area contributed by atoms with Gasteiger partial charge in [-0.2, -0.15) is 0 Å². The second-order valence-corrected chi connectivity index (χ2v) is 5.42. The summed E-state index contributed by atoms with van der Waals surface area (Å²) in [6.45, 7) is 4.80. The van der Waals surface area contributed by atoms with Crippen LogP contribution in [0.15, 0.2) is 5.28 Å². The van der Waals surface area contributed by atoms with Gasteiger partial charge in [-0.1, -0.05) is 0 Å². The topological polar surface area (TPSA) is 124 Å². The number of aliphatic carboxylic acids is 1. The fourth-order valence-corrected chi connectivity index (χ4v) is 1.19. The number of carbonyl (C=O) groups is 2. The van der Waals surface area contributed by atoms with E-state index in [0.29, 0.717) is 19.4 Å². The Bertz CT molecular complexity index is 393. The van der Waals surface area contributed by atoms with E-state index in [4.69, 9.17) is 9.84 Å². The van der Waals surface area contributed by atoms with Gasteiger partial charge in [0.1, 0.15) is 5.60 Å². The largest absolute Gasteiger partial charge is 0.569 e. The van der Waals surface area contributed by atoms with Gasteiger partial charge in [-0.05, 0) is 33.6 Å². The normalized spacial score (nSPS) is 11.7. The third kappa shape index (κ3) is 11.6. The lowest BCUT2D eigenvalue weighted by atomic mass is 10.2. The molecular weight excluding hydrogens is 298 g/mol. The number of hydrogen-bond donors (Lipinski definition) is 1. The van der Waals surface area contributed by atoms with Crippen LogP contribution in [-0.2, 0) is 19.1 Å². The number of carboxylic acid groups (broad SMARTS) is 1. The van der Waals surface area contributed by atoms with Crippen LogP contribution in [0.4, 0.5) is 4.79 Å². The average Bonchev–Trinajstić information content (AvgIpc) is 2.36. The summed E-state index contributed by atoms with van der Waals surface area (Å²) in [5, 5.41) is 24.2. The number of hydrazine groups is 1. The van der Waals surface area contributed by atoms with Gasteiger partial charge in [-0.25, -0.2) is 4.79 Å². The molecule has 1 N–H and O–H groups in total. The average molecular weight is 321 g/mol. The Hall–Kier alpha value is -2.26. The van der Waals surface area contributed by atoms with Gasteiger partial charge in [0.2, 0.25) is 5.28 Å². The van der Waals surface area contributed by atoms with E-state index in [1.54, 1.807) is 20.8 Å². The monoisotopic (exact) mass is 321 g/mol. The predicted molar refractivity (Wildman–Crippen MR) is 73.4 cm³/mol. The van der Waals surface area contributed by atoms with E-state index in [9.17, 15) is 14.8 Å². The molecular formula is C12H23N3O7. The third-order valence-electron chi connectivity index (χ3n) is 2.16. The highest BCUT2D eigenvalue weighted by Gasteiger charge is 2.17. The van der Waals surface area contributed by atoms with E-state index in [1.165, 1.54) is 12.1 Å². The number of carboxylic acids is 1. The molecule has 128 valence electrons. The van der Waals surface area contributed by atoms with Crippen molar-refractivity contribution in [3.05, 3.63) is 5.21 Å². The van der Waals surface area contributed by atoms with Crippen molar-refractivity contribution in [2.75, 3.05) is 20.4 Å². The Labute approximate surface area is 128 Å². The van der Waals surface area contributed by atoms with E-state index in [-0.39, 0.29) is 11.4 Å². The molecule has 0 unspecified atom stereocenters. The molecule has 0 aromatic heterocycles. The molecule has 0 aliphatic rings. The second kappa shape index (κ2) is 9.64. The molecule has 0 amide bonds. The van der Waals surface area contributed by atoms with Crippen molar-refractivity contribution < 1.29 is 34.0 Å². The highest BCUT2D eigenvalue weighted by molar-refractivity contribution is 5.66. The molecule has 10 nitrogen and oxygen atoms in total. The number of hydrogen-bond acceptors (Lipinski definition) is 7. The Kier molecular flexibility index (Phi) is 8.65. The summed E-state index contributed by atoms with van der Waals surface area (Å²) in [5.41, 5.74) is -0.686. The van der Waals surface area contributed by atoms with E-state index in [2.05, 4.69) is 14.9 Å². The van der Waals surface area contributed by atoms with Crippen LogP contribution in [-0.4, -0.2) is 53.2 Å². The van der Waals surface area contributed by atoms with Crippen LogP contribution < -0.4 is 0 Å². The minimum atomic E-state index is -0.929. The van der Waals surface area contributed by atoms with Gasteiger partial charge in [-0.15, -0.1) is 5.01 Å². The maximum Gasteiger partial charge on any atom is 0.511 e. The quantitative estimate of drug-likeness (QED) is 0.170. The molecule has 0 saturated heterocycles. The maximum atomic E-state index is 11.4. The fraction of sp³-hybridized carbons (Fsp3) is 0.833. The van der Waals surface area contributed by atoms with Crippen molar-refractivity contribution in [2.24, 2.45) is 5.28 Å². The van der Waals surface area contributed by atoms with Crippen molar-refractivity contribution in [1.82, 2.24) is 5.01 Å². The molecule has 0 aromatic carbocycles. The Morgan fingerprint density at radius 3 is 2.50 bits per heavy atom. The first-order valence-electron chi connectivity index (χ1n) is 6.70. The Morgan fingerprint density at radius 1 is 1.32 bits per heavy atom. The first-order valence-corrected chi connectivity index (χ1v) is 6.70. The minimum absolute atomic E-state index is 0.0457. The number of ether oxygens (including phenoxy) is 2. The van der Waals surface area contributed by atoms with Crippen LogP contribution >= 0.6 is 0 Å². The van der Waals surface area contributed by atoms with E-state index >= 15 is 0 Å². The van der Waals surface area contributed by atoms with Gasteiger partial charge < -0.3 is 24.6 Å². The first kappa shape index (κ1) is 19.7. The van der Waals surface area contributed by atoms with Gasteiger partial charge >= 0.3 is 12.1 Å². The molecule has 0 fully saturated rings. The number of nitrogens with zero attached hydrogens (tertiary/aromatic N) is 3. The Balaban J connectivity index is 3.87. The lowest BCUT2D eigenvalue weighted by molar-refractivity contribution is -0.706. The standard InChI is InChI=1S/C12H23N3O7/c1-12(2,3)22-11(18)20-9-21-13-15(19)14(4)8-6-5-7-10(16)17/h5-9H2,1-4H3,(H,16,17)/b15-13-. The van der Waals surface area contributed by atoms with Crippen molar-refractivity contribution >= 4 is 12.1 Å². The fourth-order valence-electron chi connectivity index (χ4n) is 1.19. The summed E-state index contributed by atoms with van der Waals surface area (Å²) in [6, 6.07) is 0. The lowest BCUT2D eigenvalue weighted by Gasteiger charge is -2.18. The van der Waals surface area contributed by atoms with E-state index < -0.39 is 24.5 Å². The predicted octanol–water partition coefficient (Wildman–Crippen LogP) is 1.89. The molecule has 0 saturated carbocycles. The molecule has 0 atom stereocenters. The smallest absolute Gasteiger partial charge is 0.511 e. The molecule has 0 aliphatic heterocycles. The summed E-state index contributed by atoms with van der Waals surface area (Å²) < 4.78 is 9.39. The zero-order valence-corrected chi connectivity index (χ0v) is 13.3. The van der Waals surface area contributed by atoms with Gasteiger partial charge in [0.05, 0.1) is 18.6 Å². The first-order chi connectivity index (χ1) is 10.1. The van der Waals surface area contributed by atoms with Gasteiger partial charge in [-0.3, -0.25) is 4.79 Å². The number of carbonyl (C=O) groups excluding carboxylic acids is 1. The summed E-state index contributed by atoms with van der Waals surface area (Å²) in [5.74, 6) is -0.881. The van der Waals surface area contributed by atoms with Crippen LogP contribution in [0, 0.1) is 5.21 Å². The zero-order valence-electron chi connectivity index (χ0n) is 13.3. The third-order valence-corrected chi connectivity index (χ3v) is 2.16. The van der Waals surface area contributed by atoms with Crippen LogP contribution in [0.1, 0.15) is 40.0 Å². The molecule has 0 spiro atoms. The van der Waals surface area contributed by atoms with Gasteiger partial charge in [0, 0.05) is 6.42 Å².